The number of aromatic nitrogens is 1. The van der Waals surface area contributed by atoms with E-state index in [1.807, 2.05) is 0 Å². The van der Waals surface area contributed by atoms with Gasteiger partial charge in [0.2, 0.25) is 0 Å². The van der Waals surface area contributed by atoms with Gasteiger partial charge in [0, 0.05) is 18.3 Å². The van der Waals surface area contributed by atoms with Crippen molar-refractivity contribution in [3.05, 3.63) is 63.9 Å². The van der Waals surface area contributed by atoms with Gasteiger partial charge >= 0.3 is 69.7 Å². The summed E-state index contributed by atoms with van der Waals surface area (Å²) in [5.41, 5.74) is -2.23. The second-order valence-corrected chi connectivity index (χ2v) is 6.25. The van der Waals surface area contributed by atoms with Crippen LogP contribution in [0.5, 0.6) is 0 Å². The van der Waals surface area contributed by atoms with E-state index in [9.17, 15) is 41.0 Å². The third-order valence-corrected chi connectivity index (χ3v) is 4.40. The van der Waals surface area contributed by atoms with Crippen LogP contribution < -0.4 is 5.73 Å². The molecule has 0 amide bonds. The van der Waals surface area contributed by atoms with E-state index in [4.69, 9.17) is 17.3 Å². The Bertz CT molecular complexity index is 967. The number of pyridine rings is 1. The molecule has 2 rings (SSSR count). The molecule has 3 N–H and O–H groups in total. The number of Topliss-reactive ketones (excluding diaryl/α,β-unsaturated/α-hetero) is 1. The maximum atomic E-state index is 13.3. The summed E-state index contributed by atoms with van der Waals surface area (Å²) < 4.78 is 78.2. The topological polar surface area (TPSA) is 93.3 Å². The Balaban J connectivity index is 0.00000450. The molecule has 0 aliphatic carbocycles. The average Bonchev–Trinajstić information content (AvgIpc) is 2.61. The molecule has 0 bridgehead atoms. The van der Waals surface area contributed by atoms with Crippen LogP contribution in [0.1, 0.15) is 27.2 Å². The Morgan fingerprint density at radius 3 is 2.07 bits per heavy atom. The second-order valence-electron chi connectivity index (χ2n) is 5.84. The number of carboxylic acids is 1. The van der Waals surface area contributed by atoms with Crippen LogP contribution in [0.4, 0.5) is 26.3 Å². The van der Waals surface area contributed by atoms with Crippen molar-refractivity contribution in [2.75, 3.05) is 6.54 Å². The second kappa shape index (κ2) is 9.63. The van der Waals surface area contributed by atoms with Crippen LogP contribution in [-0.2, 0) is 22.6 Å². The molecule has 1 heterocycles. The van der Waals surface area contributed by atoms with Crippen LogP contribution >= 0.6 is 11.6 Å². The molecule has 1 aromatic carbocycles. The molecule has 30 heavy (non-hydrogen) atoms. The number of aliphatic carboxylic acids is 1. The first kappa shape index (κ1) is 27.0. The SMILES string of the molecule is NCC(C(=O)O)(C(=O)c1ccccc1C(F)(F)F)c1ncc(C(F)(F)F)cc1Cl.[KH]. The molecule has 158 valence electrons. The van der Waals surface area contributed by atoms with Gasteiger partial charge in [0.05, 0.1) is 21.8 Å². The monoisotopic (exact) mass is 480 g/mol. The fourth-order valence-corrected chi connectivity index (χ4v) is 2.98. The van der Waals surface area contributed by atoms with Gasteiger partial charge in [0.15, 0.2) is 11.2 Å². The zero-order valence-corrected chi connectivity index (χ0v) is 14.9. The number of carbonyl (C=O) groups is 2. The maximum absolute atomic E-state index is 13.3. The molecule has 2 aromatic rings. The Morgan fingerprint density at radius 1 is 1.07 bits per heavy atom. The van der Waals surface area contributed by atoms with E-state index in [1.165, 1.54) is 0 Å². The van der Waals surface area contributed by atoms with Crippen molar-refractivity contribution in [1.29, 1.82) is 0 Å². The predicted molar refractivity (Wildman–Crippen MR) is 95.5 cm³/mol. The average molecular weight is 481 g/mol. The van der Waals surface area contributed by atoms with Crippen LogP contribution in [0, 0.1) is 0 Å². The number of halogens is 7. The van der Waals surface area contributed by atoms with E-state index in [1.54, 1.807) is 0 Å². The first-order valence-electron chi connectivity index (χ1n) is 7.64. The van der Waals surface area contributed by atoms with Crippen molar-refractivity contribution in [2.24, 2.45) is 5.73 Å². The van der Waals surface area contributed by atoms with Crippen molar-refractivity contribution in [3.8, 4) is 0 Å². The van der Waals surface area contributed by atoms with E-state index >= 15 is 0 Å². The number of rotatable bonds is 5. The van der Waals surface area contributed by atoms with E-state index in [2.05, 4.69) is 4.98 Å². The van der Waals surface area contributed by atoms with Crippen LogP contribution in [0.15, 0.2) is 36.5 Å². The molecule has 1 unspecified atom stereocenters. The van der Waals surface area contributed by atoms with Gasteiger partial charge in [0.1, 0.15) is 0 Å². The van der Waals surface area contributed by atoms with Gasteiger partial charge in [-0.1, -0.05) is 29.8 Å². The molecule has 0 spiro atoms. The molecular formula is C17H12ClF6KN2O3. The summed E-state index contributed by atoms with van der Waals surface area (Å²) in [6.07, 6.45) is -9.67. The summed E-state index contributed by atoms with van der Waals surface area (Å²) in [5.74, 6) is -3.63. The fraction of sp³-hybridized carbons (Fsp3) is 0.235. The van der Waals surface area contributed by atoms with E-state index < -0.39 is 63.5 Å². The molecule has 0 fully saturated rings. The summed E-state index contributed by atoms with van der Waals surface area (Å²) in [5, 5.41) is 8.77. The van der Waals surface area contributed by atoms with Crippen LogP contribution in [-0.4, -0.2) is 79.8 Å². The van der Waals surface area contributed by atoms with Gasteiger partial charge < -0.3 is 10.8 Å². The number of nitrogens with zero attached hydrogens (tertiary/aromatic N) is 1. The van der Waals surface area contributed by atoms with Crippen molar-refractivity contribution in [2.45, 2.75) is 17.8 Å². The zero-order chi connectivity index (χ0) is 22.2. The van der Waals surface area contributed by atoms with Crippen LogP contribution in [0.25, 0.3) is 0 Å². The van der Waals surface area contributed by atoms with Crippen LogP contribution in [0.3, 0.4) is 0 Å². The number of ketones is 1. The molecule has 0 radical (unpaired) electrons. The molecule has 1 atom stereocenters. The van der Waals surface area contributed by atoms with Crippen molar-refractivity contribution in [3.63, 3.8) is 0 Å². The molecule has 5 nitrogen and oxygen atoms in total. The van der Waals surface area contributed by atoms with Gasteiger partial charge in [0.25, 0.3) is 0 Å². The predicted octanol–water partition coefficient (Wildman–Crippen LogP) is 3.29. The number of hydrogen-bond acceptors (Lipinski definition) is 4. The van der Waals surface area contributed by atoms with Gasteiger partial charge in [-0.15, -0.1) is 0 Å². The third kappa shape index (κ3) is 5.06. The minimum atomic E-state index is -5.01. The number of carboxylic acid groups (broad SMARTS) is 1. The Hall–Kier alpha value is -1.02. The molecule has 0 saturated heterocycles. The Labute approximate surface area is 213 Å². The summed E-state index contributed by atoms with van der Waals surface area (Å²) in [6, 6.07) is 3.65. The minimum absolute atomic E-state index is 0. The fourth-order valence-electron chi connectivity index (χ4n) is 2.65. The summed E-state index contributed by atoms with van der Waals surface area (Å²) in [6.45, 7) is -1.11. The molecule has 13 heteroatoms. The Kier molecular flexibility index (Phi) is 8.67. The third-order valence-electron chi connectivity index (χ3n) is 4.11. The van der Waals surface area contributed by atoms with Crippen molar-refractivity contribution in [1.82, 2.24) is 4.98 Å². The van der Waals surface area contributed by atoms with Crippen LogP contribution in [0.2, 0.25) is 5.02 Å². The quantitative estimate of drug-likeness (QED) is 0.296. The standard InChI is InChI=1S/C17H11ClF6N2O3.K.H/c18-11-5-8(16(19,20)21)6-26-12(11)15(7-25,14(28)29)13(27)9-3-1-2-4-10(9)17(22,23)24;;/h1-6H,7,25H2,(H,28,29);;. The summed E-state index contributed by atoms with van der Waals surface area (Å²) in [4.78, 5) is 28.3. The first-order valence-corrected chi connectivity index (χ1v) is 8.02. The van der Waals surface area contributed by atoms with Gasteiger partial charge in [-0.3, -0.25) is 14.6 Å². The number of hydrogen-bond donors (Lipinski definition) is 2. The molecule has 0 aliphatic heterocycles. The number of alkyl halides is 6. The molecule has 0 aliphatic rings. The molecule has 0 saturated carbocycles. The van der Waals surface area contributed by atoms with E-state index in [0.717, 1.165) is 18.2 Å². The normalized spacial score (nSPS) is 13.9. The molecular weight excluding hydrogens is 469 g/mol. The zero-order valence-electron chi connectivity index (χ0n) is 14.1. The first-order chi connectivity index (χ1) is 13.3. The van der Waals surface area contributed by atoms with Gasteiger partial charge in [-0.2, -0.15) is 26.3 Å². The van der Waals surface area contributed by atoms with Crippen molar-refractivity contribution >= 4 is 74.7 Å². The summed E-state index contributed by atoms with van der Waals surface area (Å²) in [7, 11) is 0. The van der Waals surface area contributed by atoms with E-state index in [-0.39, 0.29) is 57.6 Å². The number of carbonyl (C=O) groups excluding carboxylic acids is 1. The van der Waals surface area contributed by atoms with E-state index in [0.29, 0.717) is 12.1 Å². The molecule has 1 aromatic heterocycles. The number of benzene rings is 1. The van der Waals surface area contributed by atoms with Crippen molar-refractivity contribution < 1.29 is 41.0 Å². The van der Waals surface area contributed by atoms with Gasteiger partial charge in [-0.25, -0.2) is 0 Å². The Morgan fingerprint density at radius 2 is 1.63 bits per heavy atom. The summed E-state index contributed by atoms with van der Waals surface area (Å²) >= 11 is 5.75. The number of nitrogens with two attached hydrogens (primary N) is 1. The van der Waals surface area contributed by atoms with Gasteiger partial charge in [-0.05, 0) is 12.1 Å².